The fraction of sp³-hybridized carbons (Fsp3) is 0.438. The molecule has 24 heavy (non-hydrogen) atoms. The van der Waals surface area contributed by atoms with Crippen molar-refractivity contribution in [1.82, 2.24) is 10.6 Å². The van der Waals surface area contributed by atoms with Gasteiger partial charge < -0.3 is 20.1 Å². The van der Waals surface area contributed by atoms with Gasteiger partial charge in [0.15, 0.2) is 11.5 Å². The van der Waals surface area contributed by atoms with Crippen LogP contribution in [0.2, 0.25) is 0 Å². The Balaban J connectivity index is 2.24. The molecular weight excluding hydrogens is 314 g/mol. The lowest BCUT2D eigenvalue weighted by atomic mass is 10.1. The number of methoxy groups -OCH3 is 1. The normalized spacial score (nSPS) is 13.8. The van der Waals surface area contributed by atoms with Gasteiger partial charge in [0.1, 0.15) is 5.56 Å². The lowest BCUT2D eigenvalue weighted by Gasteiger charge is -2.15. The minimum atomic E-state index is -0.597. The standard InChI is InChI=1S/C16H21N3O5/c1-3-24-15-9-13(19(21)22)12(8-14(15)23-2)16(20)18-10-11-4-6-17-7-5-11/h4,8-9,17H,3,5-7,10H2,1-2H3,(H,18,20). The summed E-state index contributed by atoms with van der Waals surface area (Å²) in [6.45, 7) is 4.09. The monoisotopic (exact) mass is 335 g/mol. The molecule has 0 radical (unpaired) electrons. The summed E-state index contributed by atoms with van der Waals surface area (Å²) in [5, 5.41) is 17.2. The molecule has 1 aliphatic rings. The van der Waals surface area contributed by atoms with Crippen molar-refractivity contribution >= 4 is 11.6 Å². The first-order valence-electron chi connectivity index (χ1n) is 7.72. The second-order valence-corrected chi connectivity index (χ2v) is 5.21. The van der Waals surface area contributed by atoms with E-state index in [9.17, 15) is 14.9 Å². The maximum atomic E-state index is 12.4. The highest BCUT2D eigenvalue weighted by atomic mass is 16.6. The van der Waals surface area contributed by atoms with E-state index >= 15 is 0 Å². The van der Waals surface area contributed by atoms with E-state index in [0.29, 0.717) is 13.2 Å². The van der Waals surface area contributed by atoms with Gasteiger partial charge in [-0.15, -0.1) is 0 Å². The molecule has 0 saturated heterocycles. The van der Waals surface area contributed by atoms with E-state index in [1.165, 1.54) is 19.2 Å². The number of amides is 1. The molecule has 130 valence electrons. The fourth-order valence-corrected chi connectivity index (χ4v) is 2.43. The molecule has 0 spiro atoms. The van der Waals surface area contributed by atoms with Crippen LogP contribution in [0.3, 0.4) is 0 Å². The summed E-state index contributed by atoms with van der Waals surface area (Å²) in [7, 11) is 1.42. The number of hydrogen-bond acceptors (Lipinski definition) is 6. The molecular formula is C16H21N3O5. The van der Waals surface area contributed by atoms with Crippen molar-refractivity contribution in [3.8, 4) is 11.5 Å². The predicted molar refractivity (Wildman–Crippen MR) is 88.7 cm³/mol. The topological polar surface area (TPSA) is 103 Å². The highest BCUT2D eigenvalue weighted by molar-refractivity contribution is 5.99. The highest BCUT2D eigenvalue weighted by Crippen LogP contribution is 2.34. The van der Waals surface area contributed by atoms with Gasteiger partial charge in [0.25, 0.3) is 11.6 Å². The van der Waals surface area contributed by atoms with Crippen LogP contribution in [0.5, 0.6) is 11.5 Å². The van der Waals surface area contributed by atoms with E-state index in [4.69, 9.17) is 9.47 Å². The van der Waals surface area contributed by atoms with Crippen LogP contribution in [0.1, 0.15) is 23.7 Å². The number of carbonyl (C=O) groups excluding carboxylic acids is 1. The molecule has 0 saturated carbocycles. The Morgan fingerprint density at radius 2 is 2.21 bits per heavy atom. The van der Waals surface area contributed by atoms with Crippen LogP contribution in [-0.4, -0.2) is 44.2 Å². The highest BCUT2D eigenvalue weighted by Gasteiger charge is 2.24. The van der Waals surface area contributed by atoms with Gasteiger partial charge in [0, 0.05) is 19.2 Å². The zero-order valence-electron chi connectivity index (χ0n) is 13.8. The van der Waals surface area contributed by atoms with Crippen molar-refractivity contribution < 1.29 is 19.2 Å². The SMILES string of the molecule is CCOc1cc([N+](=O)[O-])c(C(=O)NCC2=CCNCC2)cc1OC. The average Bonchev–Trinajstić information content (AvgIpc) is 2.60. The molecule has 1 aromatic rings. The molecule has 0 bridgehead atoms. The minimum absolute atomic E-state index is 0.0464. The molecule has 0 aromatic heterocycles. The summed E-state index contributed by atoms with van der Waals surface area (Å²) >= 11 is 0. The van der Waals surface area contributed by atoms with Crippen molar-refractivity contribution in [3.63, 3.8) is 0 Å². The number of rotatable bonds is 7. The summed E-state index contributed by atoms with van der Waals surface area (Å²) in [6.07, 6.45) is 2.85. The fourth-order valence-electron chi connectivity index (χ4n) is 2.43. The summed E-state index contributed by atoms with van der Waals surface area (Å²) in [5.41, 5.74) is 0.744. The van der Waals surface area contributed by atoms with Crippen LogP contribution in [0.4, 0.5) is 5.69 Å². The van der Waals surface area contributed by atoms with E-state index in [1.54, 1.807) is 6.92 Å². The minimum Gasteiger partial charge on any atom is -0.493 e. The number of hydrogen-bond donors (Lipinski definition) is 2. The van der Waals surface area contributed by atoms with Crippen LogP contribution in [-0.2, 0) is 0 Å². The van der Waals surface area contributed by atoms with Crippen LogP contribution in [0.25, 0.3) is 0 Å². The third kappa shape index (κ3) is 4.23. The van der Waals surface area contributed by atoms with Crippen molar-refractivity contribution in [2.24, 2.45) is 0 Å². The molecule has 1 aromatic carbocycles. The zero-order chi connectivity index (χ0) is 17.5. The molecule has 0 atom stereocenters. The summed E-state index contributed by atoms with van der Waals surface area (Å²) in [5.74, 6) is 0.0143. The Kier molecular flexibility index (Phi) is 6.14. The van der Waals surface area contributed by atoms with Gasteiger partial charge in [-0.05, 0) is 19.9 Å². The van der Waals surface area contributed by atoms with Crippen LogP contribution >= 0.6 is 0 Å². The van der Waals surface area contributed by atoms with E-state index in [2.05, 4.69) is 10.6 Å². The molecule has 8 heteroatoms. The van der Waals surface area contributed by atoms with Crippen LogP contribution in [0.15, 0.2) is 23.8 Å². The number of nitro benzene ring substituents is 1. The first kappa shape index (κ1) is 17.7. The Labute approximate surface area is 140 Å². The first-order valence-corrected chi connectivity index (χ1v) is 7.72. The molecule has 2 N–H and O–H groups in total. The molecule has 1 heterocycles. The largest absolute Gasteiger partial charge is 0.493 e. The van der Waals surface area contributed by atoms with E-state index in [0.717, 1.165) is 25.1 Å². The van der Waals surface area contributed by atoms with Gasteiger partial charge in [0.05, 0.1) is 24.7 Å². The Hall–Kier alpha value is -2.61. The van der Waals surface area contributed by atoms with E-state index in [1.807, 2.05) is 6.08 Å². The third-order valence-electron chi connectivity index (χ3n) is 3.66. The Bertz CT molecular complexity index is 657. The predicted octanol–water partition coefficient (Wildman–Crippen LogP) is 1.65. The van der Waals surface area contributed by atoms with Crippen LogP contribution < -0.4 is 20.1 Å². The average molecular weight is 335 g/mol. The van der Waals surface area contributed by atoms with Crippen molar-refractivity contribution in [2.75, 3.05) is 33.4 Å². The second-order valence-electron chi connectivity index (χ2n) is 5.21. The van der Waals surface area contributed by atoms with Gasteiger partial charge in [-0.1, -0.05) is 11.6 Å². The number of nitro groups is 1. The zero-order valence-corrected chi connectivity index (χ0v) is 13.8. The summed E-state index contributed by atoms with van der Waals surface area (Å²) in [6, 6.07) is 2.57. The molecule has 1 aliphatic heterocycles. The molecule has 0 fully saturated rings. The maximum absolute atomic E-state index is 12.4. The number of nitrogens with zero attached hydrogens (tertiary/aromatic N) is 1. The smallest absolute Gasteiger partial charge is 0.286 e. The molecule has 1 amide bonds. The number of ether oxygens (including phenoxy) is 2. The lowest BCUT2D eigenvalue weighted by molar-refractivity contribution is -0.385. The Morgan fingerprint density at radius 1 is 1.42 bits per heavy atom. The van der Waals surface area contributed by atoms with Crippen LogP contribution in [0, 0.1) is 10.1 Å². The Morgan fingerprint density at radius 3 is 2.79 bits per heavy atom. The number of benzene rings is 1. The number of nitrogens with one attached hydrogen (secondary N) is 2. The van der Waals surface area contributed by atoms with Gasteiger partial charge in [-0.2, -0.15) is 0 Å². The number of carbonyl (C=O) groups is 1. The quantitative estimate of drug-likeness (QED) is 0.446. The van der Waals surface area contributed by atoms with Crippen molar-refractivity contribution in [1.29, 1.82) is 0 Å². The molecule has 0 unspecified atom stereocenters. The molecule has 2 rings (SSSR count). The van der Waals surface area contributed by atoms with E-state index < -0.39 is 10.8 Å². The maximum Gasteiger partial charge on any atom is 0.286 e. The van der Waals surface area contributed by atoms with Gasteiger partial charge >= 0.3 is 0 Å². The summed E-state index contributed by atoms with van der Waals surface area (Å²) in [4.78, 5) is 23.1. The molecule has 0 aliphatic carbocycles. The van der Waals surface area contributed by atoms with Gasteiger partial charge in [-0.25, -0.2) is 0 Å². The second kappa shape index (κ2) is 8.30. The molecule has 8 nitrogen and oxygen atoms in total. The summed E-state index contributed by atoms with van der Waals surface area (Å²) < 4.78 is 10.5. The van der Waals surface area contributed by atoms with Crippen molar-refractivity contribution in [3.05, 3.63) is 39.5 Å². The van der Waals surface area contributed by atoms with Gasteiger partial charge in [-0.3, -0.25) is 14.9 Å². The van der Waals surface area contributed by atoms with E-state index in [-0.39, 0.29) is 22.7 Å². The van der Waals surface area contributed by atoms with Crippen molar-refractivity contribution in [2.45, 2.75) is 13.3 Å². The first-order chi connectivity index (χ1) is 11.6. The third-order valence-corrected chi connectivity index (χ3v) is 3.66. The van der Waals surface area contributed by atoms with Gasteiger partial charge in [0.2, 0.25) is 0 Å². The lowest BCUT2D eigenvalue weighted by Crippen LogP contribution is -2.30.